The van der Waals surface area contributed by atoms with E-state index < -0.39 is 0 Å². The van der Waals surface area contributed by atoms with Crippen molar-refractivity contribution < 1.29 is 19.1 Å². The minimum Gasteiger partial charge on any atom is -0.490 e. The molecule has 0 N–H and O–H groups in total. The van der Waals surface area contributed by atoms with Gasteiger partial charge >= 0.3 is 0 Å². The summed E-state index contributed by atoms with van der Waals surface area (Å²) in [5.41, 5.74) is 1.56. The fourth-order valence-corrected chi connectivity index (χ4v) is 4.06. The monoisotopic (exact) mass is 465 g/mol. The average Bonchev–Trinajstić information content (AvgIpc) is 3.07. The maximum absolute atomic E-state index is 12.8. The first-order valence-corrected chi connectivity index (χ1v) is 11.2. The van der Waals surface area contributed by atoms with Crippen LogP contribution in [0.15, 0.2) is 83.8 Å². The molecule has 1 fully saturated rings. The van der Waals surface area contributed by atoms with E-state index in [1.54, 1.807) is 30.3 Å². The van der Waals surface area contributed by atoms with Crippen LogP contribution in [0.4, 0.5) is 4.79 Å². The Morgan fingerprint density at radius 3 is 2.31 bits per heavy atom. The lowest BCUT2D eigenvalue weighted by atomic mass is 10.1. The number of hydrogen-bond donors (Lipinski definition) is 0. The Morgan fingerprint density at radius 2 is 1.53 bits per heavy atom. The van der Waals surface area contributed by atoms with Crippen molar-refractivity contribution in [1.82, 2.24) is 4.90 Å². The molecular weight excluding hydrogens is 446 g/mol. The van der Waals surface area contributed by atoms with Gasteiger partial charge < -0.3 is 9.47 Å². The summed E-state index contributed by atoms with van der Waals surface area (Å²) in [6.45, 7) is 0.932. The Labute approximate surface area is 195 Å². The van der Waals surface area contributed by atoms with Crippen LogP contribution in [0, 0.1) is 0 Å². The van der Waals surface area contributed by atoms with Crippen LogP contribution in [0.5, 0.6) is 11.5 Å². The third-order valence-corrected chi connectivity index (χ3v) is 5.85. The number of rotatable bonds is 8. The van der Waals surface area contributed by atoms with Crippen LogP contribution >= 0.6 is 23.4 Å². The van der Waals surface area contributed by atoms with Crippen molar-refractivity contribution in [2.24, 2.45) is 0 Å². The summed E-state index contributed by atoms with van der Waals surface area (Å²) in [6.07, 6.45) is 1.69. The quantitative estimate of drug-likeness (QED) is 0.300. The number of thioether (sulfide) groups is 1. The number of amides is 2. The van der Waals surface area contributed by atoms with E-state index in [0.717, 1.165) is 28.6 Å². The highest BCUT2D eigenvalue weighted by Crippen LogP contribution is 2.35. The van der Waals surface area contributed by atoms with Crippen molar-refractivity contribution in [3.63, 3.8) is 0 Å². The lowest BCUT2D eigenvalue weighted by Crippen LogP contribution is -2.27. The van der Waals surface area contributed by atoms with Gasteiger partial charge in [0.25, 0.3) is 11.1 Å². The summed E-state index contributed by atoms with van der Waals surface area (Å²) >= 11 is 6.84. The van der Waals surface area contributed by atoms with Gasteiger partial charge in [0.15, 0.2) is 0 Å². The zero-order chi connectivity index (χ0) is 22.3. The van der Waals surface area contributed by atoms with E-state index in [4.69, 9.17) is 21.1 Å². The van der Waals surface area contributed by atoms with Crippen LogP contribution in [-0.4, -0.2) is 29.3 Å². The Bertz CT molecular complexity index is 1130. The molecule has 32 heavy (non-hydrogen) atoms. The van der Waals surface area contributed by atoms with Crippen LogP contribution in [0.3, 0.4) is 0 Å². The lowest BCUT2D eigenvalue weighted by molar-refractivity contribution is -0.123. The number of carbonyl (C=O) groups excluding carboxylic acids is 2. The molecule has 162 valence electrons. The second-order valence-electron chi connectivity index (χ2n) is 6.94. The summed E-state index contributed by atoms with van der Waals surface area (Å²) in [5.74, 6) is 1.07. The van der Waals surface area contributed by atoms with E-state index in [1.165, 1.54) is 4.90 Å². The summed E-state index contributed by atoms with van der Waals surface area (Å²) in [5, 5.41) is 0.305. The highest BCUT2D eigenvalue weighted by atomic mass is 35.5. The Kier molecular flexibility index (Phi) is 7.14. The summed E-state index contributed by atoms with van der Waals surface area (Å²) < 4.78 is 11.5. The highest BCUT2D eigenvalue weighted by molar-refractivity contribution is 8.18. The maximum atomic E-state index is 12.8. The minimum absolute atomic E-state index is 0.203. The fraction of sp³-hybridized carbons (Fsp3) is 0.120. The van der Waals surface area contributed by atoms with Crippen molar-refractivity contribution in [3.8, 4) is 11.5 Å². The zero-order valence-corrected chi connectivity index (χ0v) is 18.6. The summed E-state index contributed by atoms with van der Waals surface area (Å²) in [4.78, 5) is 26.9. The first kappa shape index (κ1) is 22.0. The van der Waals surface area contributed by atoms with Crippen molar-refractivity contribution in [2.75, 3.05) is 13.2 Å². The van der Waals surface area contributed by atoms with Gasteiger partial charge in [-0.1, -0.05) is 60.1 Å². The van der Waals surface area contributed by atoms with Gasteiger partial charge in [-0.3, -0.25) is 14.5 Å². The first-order valence-electron chi connectivity index (χ1n) is 9.99. The second-order valence-corrected chi connectivity index (χ2v) is 8.37. The minimum atomic E-state index is -0.322. The number of ether oxygens (including phenoxy) is 2. The molecule has 3 aromatic carbocycles. The molecule has 1 heterocycles. The number of para-hydroxylation sites is 2. The van der Waals surface area contributed by atoms with Gasteiger partial charge in [-0.05, 0) is 53.7 Å². The molecule has 1 saturated heterocycles. The third-order valence-electron chi connectivity index (χ3n) is 4.69. The molecule has 0 atom stereocenters. The Morgan fingerprint density at radius 1 is 0.844 bits per heavy atom. The van der Waals surface area contributed by atoms with Gasteiger partial charge in [-0.25, -0.2) is 0 Å². The molecule has 5 nitrogen and oxygen atoms in total. The molecule has 0 aliphatic carbocycles. The van der Waals surface area contributed by atoms with E-state index >= 15 is 0 Å². The SMILES string of the molecule is O=C1SC(=Cc2ccccc2OCCOc2ccccc2)C(=O)N1Cc1ccc(Cl)cc1. The van der Waals surface area contributed by atoms with Crippen molar-refractivity contribution in [1.29, 1.82) is 0 Å². The average molecular weight is 466 g/mol. The molecule has 0 unspecified atom stereocenters. The Hall–Kier alpha value is -3.22. The number of carbonyl (C=O) groups is 2. The van der Waals surface area contributed by atoms with Crippen LogP contribution in [-0.2, 0) is 11.3 Å². The normalized spacial score (nSPS) is 14.8. The summed E-state index contributed by atoms with van der Waals surface area (Å²) in [6, 6.07) is 24.0. The predicted molar refractivity (Wildman–Crippen MR) is 127 cm³/mol. The predicted octanol–water partition coefficient (Wildman–Crippen LogP) is 6.03. The van der Waals surface area contributed by atoms with Crippen LogP contribution in [0.25, 0.3) is 6.08 Å². The molecule has 0 spiro atoms. The smallest absolute Gasteiger partial charge is 0.293 e. The number of halogens is 1. The molecule has 1 aliphatic heterocycles. The molecule has 4 rings (SSSR count). The number of hydrogen-bond acceptors (Lipinski definition) is 5. The van der Waals surface area contributed by atoms with Gasteiger partial charge in [-0.2, -0.15) is 0 Å². The highest BCUT2D eigenvalue weighted by Gasteiger charge is 2.35. The van der Waals surface area contributed by atoms with Gasteiger partial charge in [0.2, 0.25) is 0 Å². The topological polar surface area (TPSA) is 55.8 Å². The third kappa shape index (κ3) is 5.52. The molecule has 3 aromatic rings. The van der Waals surface area contributed by atoms with Crippen LogP contribution in [0.1, 0.15) is 11.1 Å². The van der Waals surface area contributed by atoms with Gasteiger partial charge in [0.05, 0.1) is 11.4 Å². The number of benzene rings is 3. The molecule has 0 radical (unpaired) electrons. The number of imide groups is 1. The van der Waals surface area contributed by atoms with Crippen molar-refractivity contribution >= 4 is 40.6 Å². The Balaban J connectivity index is 1.41. The maximum Gasteiger partial charge on any atom is 0.293 e. The molecule has 1 aliphatic rings. The van der Waals surface area contributed by atoms with E-state index in [-0.39, 0.29) is 17.7 Å². The fourth-order valence-electron chi connectivity index (χ4n) is 3.11. The molecule has 0 saturated carbocycles. The largest absolute Gasteiger partial charge is 0.490 e. The van der Waals surface area contributed by atoms with Crippen molar-refractivity contribution in [2.45, 2.75) is 6.54 Å². The molecule has 0 bridgehead atoms. The van der Waals surface area contributed by atoms with E-state index in [1.807, 2.05) is 54.6 Å². The van der Waals surface area contributed by atoms with Gasteiger partial charge in [0.1, 0.15) is 24.7 Å². The second kappa shape index (κ2) is 10.4. The van der Waals surface area contributed by atoms with Gasteiger partial charge in [-0.15, -0.1) is 0 Å². The van der Waals surface area contributed by atoms with E-state index in [9.17, 15) is 9.59 Å². The summed E-state index contributed by atoms with van der Waals surface area (Å²) in [7, 11) is 0. The van der Waals surface area contributed by atoms with E-state index in [0.29, 0.717) is 28.9 Å². The zero-order valence-electron chi connectivity index (χ0n) is 17.1. The van der Waals surface area contributed by atoms with Crippen molar-refractivity contribution in [3.05, 3.63) is 99.9 Å². The molecule has 0 aromatic heterocycles. The molecular formula is C25H20ClNO4S. The van der Waals surface area contributed by atoms with E-state index in [2.05, 4.69) is 0 Å². The lowest BCUT2D eigenvalue weighted by Gasteiger charge is -2.12. The van der Waals surface area contributed by atoms with Crippen LogP contribution in [0.2, 0.25) is 5.02 Å². The van der Waals surface area contributed by atoms with Crippen LogP contribution < -0.4 is 9.47 Å². The standard InChI is InChI=1S/C25H20ClNO4S/c26-20-12-10-18(11-13-20)17-27-24(28)23(32-25(27)29)16-19-6-4-5-9-22(19)31-15-14-30-21-7-2-1-3-8-21/h1-13,16H,14-15,17H2. The molecule has 2 amide bonds. The van der Waals surface area contributed by atoms with Gasteiger partial charge in [0, 0.05) is 10.6 Å². The number of nitrogens with zero attached hydrogens (tertiary/aromatic N) is 1. The molecule has 7 heteroatoms. The first-order chi connectivity index (χ1) is 15.6.